The van der Waals surface area contributed by atoms with Crippen molar-refractivity contribution >= 4 is 17.3 Å². The van der Waals surface area contributed by atoms with Crippen LogP contribution in [0, 0.1) is 0 Å². The monoisotopic (exact) mass is 333 g/mol. The van der Waals surface area contributed by atoms with Crippen LogP contribution in [0.5, 0.6) is 0 Å². The van der Waals surface area contributed by atoms with Gasteiger partial charge in [-0.05, 0) is 32.0 Å². The standard InChI is InChI=1S/C14H27N3O4S/c1-2-15-14(22)17-10-8-21-11(13(19)12(10)18)7-16-9-3-5-20-6-4-9/h9-13,16,18-19H,2-8H2,1H3,(H2,15,17,22)/t10-,11?,12?,13+/m0/s1. The van der Waals surface area contributed by atoms with Gasteiger partial charge in [0.25, 0.3) is 0 Å². The van der Waals surface area contributed by atoms with E-state index < -0.39 is 24.4 Å². The highest BCUT2D eigenvalue weighted by atomic mass is 32.1. The molecule has 22 heavy (non-hydrogen) atoms. The third-order valence-electron chi connectivity index (χ3n) is 4.12. The predicted octanol–water partition coefficient (Wildman–Crippen LogP) is -1.27. The summed E-state index contributed by atoms with van der Waals surface area (Å²) >= 11 is 5.10. The van der Waals surface area contributed by atoms with E-state index in [1.165, 1.54) is 0 Å². The Balaban J connectivity index is 1.75. The molecule has 0 aromatic rings. The van der Waals surface area contributed by atoms with Gasteiger partial charge in [0.1, 0.15) is 12.2 Å². The van der Waals surface area contributed by atoms with Crippen molar-refractivity contribution in [1.82, 2.24) is 16.0 Å². The Labute approximate surface area is 136 Å². The Bertz CT molecular complexity index is 355. The number of hydrogen-bond acceptors (Lipinski definition) is 6. The maximum atomic E-state index is 10.2. The third kappa shape index (κ3) is 5.00. The van der Waals surface area contributed by atoms with E-state index >= 15 is 0 Å². The highest BCUT2D eigenvalue weighted by Gasteiger charge is 2.38. The van der Waals surface area contributed by atoms with Gasteiger partial charge in [0.2, 0.25) is 0 Å². The molecule has 0 aliphatic carbocycles. The Morgan fingerprint density at radius 2 is 1.95 bits per heavy atom. The first kappa shape index (κ1) is 17.8. The van der Waals surface area contributed by atoms with Gasteiger partial charge >= 0.3 is 0 Å². The number of thiocarbonyl (C=S) groups is 1. The van der Waals surface area contributed by atoms with Crippen LogP contribution in [-0.2, 0) is 9.47 Å². The summed E-state index contributed by atoms with van der Waals surface area (Å²) in [5.41, 5.74) is 0. The molecule has 2 aliphatic rings. The molecular formula is C14H27N3O4S. The van der Waals surface area contributed by atoms with Crippen molar-refractivity contribution in [2.24, 2.45) is 0 Å². The molecule has 5 N–H and O–H groups in total. The predicted molar refractivity (Wildman–Crippen MR) is 86.8 cm³/mol. The largest absolute Gasteiger partial charge is 0.388 e. The van der Waals surface area contributed by atoms with Gasteiger partial charge in [-0.2, -0.15) is 0 Å². The lowest BCUT2D eigenvalue weighted by Gasteiger charge is -2.39. The molecule has 2 heterocycles. The average molecular weight is 333 g/mol. The second kappa shape index (κ2) is 8.95. The summed E-state index contributed by atoms with van der Waals surface area (Å²) in [6.45, 7) is 5.01. The van der Waals surface area contributed by atoms with Crippen LogP contribution in [0.4, 0.5) is 0 Å². The van der Waals surface area contributed by atoms with Crippen LogP contribution in [-0.4, -0.2) is 78.6 Å². The highest BCUT2D eigenvalue weighted by molar-refractivity contribution is 7.80. The normalized spacial score (nSPS) is 33.4. The average Bonchev–Trinajstić information content (AvgIpc) is 2.52. The van der Waals surface area contributed by atoms with Gasteiger partial charge in [-0.1, -0.05) is 0 Å². The molecule has 0 radical (unpaired) electrons. The van der Waals surface area contributed by atoms with E-state index in [0.717, 1.165) is 26.1 Å². The zero-order valence-corrected chi connectivity index (χ0v) is 13.8. The molecule has 0 aromatic heterocycles. The number of aliphatic hydroxyl groups excluding tert-OH is 2. The maximum absolute atomic E-state index is 10.2. The molecule has 2 aliphatic heterocycles. The number of aliphatic hydroxyl groups is 2. The van der Waals surface area contributed by atoms with Crippen LogP contribution in [0.1, 0.15) is 19.8 Å². The van der Waals surface area contributed by atoms with Gasteiger partial charge in [-0.3, -0.25) is 0 Å². The van der Waals surface area contributed by atoms with E-state index in [4.69, 9.17) is 21.7 Å². The molecule has 128 valence electrons. The van der Waals surface area contributed by atoms with Gasteiger partial charge in [0.15, 0.2) is 5.11 Å². The molecule has 0 saturated carbocycles. The minimum Gasteiger partial charge on any atom is -0.388 e. The molecule has 0 bridgehead atoms. The molecule has 7 nitrogen and oxygen atoms in total. The van der Waals surface area contributed by atoms with Crippen LogP contribution >= 0.6 is 12.2 Å². The van der Waals surface area contributed by atoms with Crippen molar-refractivity contribution in [3.05, 3.63) is 0 Å². The van der Waals surface area contributed by atoms with E-state index in [1.807, 2.05) is 6.92 Å². The lowest BCUT2D eigenvalue weighted by atomic mass is 9.97. The number of nitrogens with one attached hydrogen (secondary N) is 3. The second-order valence-corrected chi connectivity index (χ2v) is 6.17. The molecule has 2 saturated heterocycles. The summed E-state index contributed by atoms with van der Waals surface area (Å²) in [6, 6.07) is -0.0141. The molecule has 0 aromatic carbocycles. The molecule has 0 spiro atoms. The summed E-state index contributed by atoms with van der Waals surface area (Å²) in [7, 11) is 0. The fourth-order valence-electron chi connectivity index (χ4n) is 2.75. The van der Waals surface area contributed by atoms with Gasteiger partial charge in [0, 0.05) is 32.3 Å². The zero-order chi connectivity index (χ0) is 15.9. The summed E-state index contributed by atoms with van der Waals surface area (Å²) < 4.78 is 11.0. The molecule has 2 unspecified atom stereocenters. The molecule has 2 fully saturated rings. The van der Waals surface area contributed by atoms with Gasteiger partial charge in [0.05, 0.1) is 18.8 Å². The quantitative estimate of drug-likeness (QED) is 0.398. The molecule has 0 amide bonds. The minimum atomic E-state index is -0.942. The SMILES string of the molecule is CCNC(=S)N[C@H]1COC(CNC2CCOCC2)[C@@H](O)C1O. The van der Waals surface area contributed by atoms with E-state index in [-0.39, 0.29) is 0 Å². The number of rotatable bonds is 5. The lowest BCUT2D eigenvalue weighted by molar-refractivity contribution is -0.146. The van der Waals surface area contributed by atoms with Gasteiger partial charge in [-0.15, -0.1) is 0 Å². The Kier molecular flexibility index (Phi) is 7.26. The van der Waals surface area contributed by atoms with Gasteiger partial charge in [-0.25, -0.2) is 0 Å². The Morgan fingerprint density at radius 1 is 1.23 bits per heavy atom. The van der Waals surface area contributed by atoms with Crippen molar-refractivity contribution in [3.8, 4) is 0 Å². The van der Waals surface area contributed by atoms with Crippen molar-refractivity contribution in [2.75, 3.05) is 32.9 Å². The Hall–Kier alpha value is -0.510. The zero-order valence-electron chi connectivity index (χ0n) is 13.0. The topological polar surface area (TPSA) is 95.0 Å². The molecular weight excluding hydrogens is 306 g/mol. The number of ether oxygens (including phenoxy) is 2. The minimum absolute atomic E-state index is 0.309. The lowest BCUT2D eigenvalue weighted by Crippen LogP contribution is -2.62. The van der Waals surface area contributed by atoms with E-state index in [2.05, 4.69) is 16.0 Å². The van der Waals surface area contributed by atoms with Crippen molar-refractivity contribution < 1.29 is 19.7 Å². The first-order chi connectivity index (χ1) is 10.6. The molecule has 2 rings (SSSR count). The second-order valence-electron chi connectivity index (χ2n) is 5.76. The van der Waals surface area contributed by atoms with Crippen LogP contribution in [0.15, 0.2) is 0 Å². The van der Waals surface area contributed by atoms with Crippen LogP contribution in [0.3, 0.4) is 0 Å². The van der Waals surface area contributed by atoms with E-state index in [1.54, 1.807) is 0 Å². The summed E-state index contributed by atoms with van der Waals surface area (Å²) in [4.78, 5) is 0. The van der Waals surface area contributed by atoms with Crippen LogP contribution in [0.2, 0.25) is 0 Å². The smallest absolute Gasteiger partial charge is 0.166 e. The molecule has 8 heteroatoms. The van der Waals surface area contributed by atoms with Crippen LogP contribution < -0.4 is 16.0 Å². The van der Waals surface area contributed by atoms with Crippen molar-refractivity contribution in [3.63, 3.8) is 0 Å². The molecule has 4 atom stereocenters. The summed E-state index contributed by atoms with van der Waals surface area (Å²) in [5, 5.41) is 30.2. The summed E-state index contributed by atoms with van der Waals surface area (Å²) in [6.07, 6.45) is -0.336. The third-order valence-corrected chi connectivity index (χ3v) is 4.38. The van der Waals surface area contributed by atoms with E-state index in [9.17, 15) is 10.2 Å². The van der Waals surface area contributed by atoms with Crippen molar-refractivity contribution in [2.45, 2.75) is 50.2 Å². The fourth-order valence-corrected chi connectivity index (χ4v) is 3.05. The first-order valence-electron chi connectivity index (χ1n) is 7.95. The highest BCUT2D eigenvalue weighted by Crippen LogP contribution is 2.16. The van der Waals surface area contributed by atoms with Crippen LogP contribution in [0.25, 0.3) is 0 Å². The Morgan fingerprint density at radius 3 is 2.64 bits per heavy atom. The summed E-state index contributed by atoms with van der Waals surface area (Å²) in [5.74, 6) is 0. The fraction of sp³-hybridized carbons (Fsp3) is 0.929. The van der Waals surface area contributed by atoms with E-state index in [0.29, 0.717) is 30.9 Å². The van der Waals surface area contributed by atoms with Crippen molar-refractivity contribution in [1.29, 1.82) is 0 Å². The maximum Gasteiger partial charge on any atom is 0.166 e. The van der Waals surface area contributed by atoms with Gasteiger partial charge < -0.3 is 35.6 Å². The first-order valence-corrected chi connectivity index (χ1v) is 8.36. The number of hydrogen-bond donors (Lipinski definition) is 5.